The second-order valence-electron chi connectivity index (χ2n) is 6.46. The van der Waals surface area contributed by atoms with E-state index in [0.717, 1.165) is 11.1 Å². The van der Waals surface area contributed by atoms with Gasteiger partial charge < -0.3 is 19.9 Å². The molecule has 0 amide bonds. The number of rotatable bonds is 5. The van der Waals surface area contributed by atoms with Crippen molar-refractivity contribution >= 4 is 10.9 Å². The lowest BCUT2D eigenvalue weighted by atomic mass is 10.1. The Bertz CT molecular complexity index is 976. The highest BCUT2D eigenvalue weighted by atomic mass is 19.1. The van der Waals surface area contributed by atoms with Crippen LogP contribution in [-0.4, -0.2) is 17.1 Å². The van der Waals surface area contributed by atoms with Gasteiger partial charge in [-0.2, -0.15) is 0 Å². The van der Waals surface area contributed by atoms with Crippen LogP contribution in [0, 0.1) is 16.9 Å². The standard InChI is InChI=1S/C18H20FN3O3/c1-10(2)6-16-17(23)21-15(18(25-3)22(16)24)7-11-9-20-14-5-4-12(19)8-13(11)14/h4-5,8-10,20H,6-7H2,1-3H3,(H,21,23). The number of aromatic nitrogens is 3. The van der Waals surface area contributed by atoms with Gasteiger partial charge in [0.2, 0.25) is 0 Å². The summed E-state index contributed by atoms with van der Waals surface area (Å²) in [5, 5.41) is 13.2. The zero-order chi connectivity index (χ0) is 18.1. The van der Waals surface area contributed by atoms with E-state index in [1.54, 1.807) is 12.3 Å². The number of fused-ring (bicyclic) bond motifs is 1. The van der Waals surface area contributed by atoms with E-state index in [1.165, 1.54) is 19.2 Å². The molecule has 0 aliphatic rings. The number of hydrogen-bond acceptors (Lipinski definition) is 3. The first-order valence-electron chi connectivity index (χ1n) is 8.07. The minimum absolute atomic E-state index is 0.0565. The third kappa shape index (κ3) is 3.22. The third-order valence-electron chi connectivity index (χ3n) is 4.11. The van der Waals surface area contributed by atoms with Gasteiger partial charge in [-0.25, -0.2) is 4.39 Å². The van der Waals surface area contributed by atoms with Crippen LogP contribution in [-0.2, 0) is 12.8 Å². The Labute approximate surface area is 143 Å². The molecule has 3 aromatic rings. The molecule has 0 bridgehead atoms. The highest BCUT2D eigenvalue weighted by Crippen LogP contribution is 2.23. The van der Waals surface area contributed by atoms with Crippen molar-refractivity contribution in [2.45, 2.75) is 26.7 Å². The van der Waals surface area contributed by atoms with Crippen LogP contribution in [0.25, 0.3) is 10.9 Å². The van der Waals surface area contributed by atoms with Crippen molar-refractivity contribution in [2.75, 3.05) is 7.11 Å². The van der Waals surface area contributed by atoms with Gasteiger partial charge in [0.1, 0.15) is 11.5 Å². The first-order valence-corrected chi connectivity index (χ1v) is 8.07. The molecule has 0 spiro atoms. The second-order valence-corrected chi connectivity index (χ2v) is 6.46. The van der Waals surface area contributed by atoms with E-state index in [4.69, 9.17) is 4.74 Å². The normalized spacial score (nSPS) is 11.4. The van der Waals surface area contributed by atoms with E-state index < -0.39 is 5.56 Å². The summed E-state index contributed by atoms with van der Waals surface area (Å²) >= 11 is 0. The van der Waals surface area contributed by atoms with Gasteiger partial charge in [0.25, 0.3) is 5.69 Å². The number of halogens is 1. The fourth-order valence-corrected chi connectivity index (χ4v) is 2.98. The summed E-state index contributed by atoms with van der Waals surface area (Å²) in [6.45, 7) is 3.86. The van der Waals surface area contributed by atoms with Gasteiger partial charge in [0.05, 0.1) is 7.11 Å². The molecule has 0 aliphatic heterocycles. The Kier molecular flexibility index (Phi) is 4.48. The number of ether oxygens (including phenoxy) is 1. The fourth-order valence-electron chi connectivity index (χ4n) is 2.98. The lowest BCUT2D eigenvalue weighted by Crippen LogP contribution is -2.43. The molecular formula is C18H20FN3O3. The van der Waals surface area contributed by atoms with E-state index in [-0.39, 0.29) is 29.7 Å². The number of H-pyrrole nitrogens is 2. The van der Waals surface area contributed by atoms with E-state index in [1.807, 2.05) is 13.8 Å². The van der Waals surface area contributed by atoms with Crippen LogP contribution >= 0.6 is 0 Å². The molecule has 0 unspecified atom stereocenters. The van der Waals surface area contributed by atoms with E-state index in [9.17, 15) is 14.4 Å². The molecule has 2 N–H and O–H groups in total. The molecule has 0 aliphatic carbocycles. The number of methoxy groups -OCH3 is 1. The minimum Gasteiger partial charge on any atom is -0.616 e. The van der Waals surface area contributed by atoms with Crippen LogP contribution in [0.4, 0.5) is 4.39 Å². The Morgan fingerprint density at radius 3 is 2.80 bits per heavy atom. The molecule has 7 heteroatoms. The molecule has 0 atom stereocenters. The summed E-state index contributed by atoms with van der Waals surface area (Å²) in [5.74, 6) is -0.130. The van der Waals surface area contributed by atoms with Crippen LogP contribution in [0.5, 0.6) is 5.88 Å². The monoisotopic (exact) mass is 345 g/mol. The molecule has 0 fully saturated rings. The molecular weight excluding hydrogens is 325 g/mol. The predicted molar refractivity (Wildman–Crippen MR) is 92.2 cm³/mol. The van der Waals surface area contributed by atoms with E-state index in [0.29, 0.717) is 22.2 Å². The van der Waals surface area contributed by atoms with Gasteiger partial charge >= 0.3 is 11.4 Å². The topological polar surface area (TPSA) is 84.8 Å². The SMILES string of the molecule is COc1c(Cc2c[nH]c3ccc(F)cc23)[nH]c(=O)c(CC(C)C)[n+]1[O-]. The summed E-state index contributed by atoms with van der Waals surface area (Å²) in [7, 11) is 1.39. The van der Waals surface area contributed by atoms with Crippen molar-refractivity contribution in [1.82, 2.24) is 9.97 Å². The summed E-state index contributed by atoms with van der Waals surface area (Å²) in [5.41, 5.74) is 1.61. The summed E-state index contributed by atoms with van der Waals surface area (Å²) < 4.78 is 19.3. The summed E-state index contributed by atoms with van der Waals surface area (Å²) in [6, 6.07) is 4.44. The van der Waals surface area contributed by atoms with Gasteiger partial charge in [0.15, 0.2) is 0 Å². The number of benzene rings is 1. The van der Waals surface area contributed by atoms with Crippen LogP contribution in [0.1, 0.15) is 30.8 Å². The second kappa shape index (κ2) is 6.58. The smallest absolute Gasteiger partial charge is 0.400 e. The molecule has 0 radical (unpaired) electrons. The number of hydrogen-bond donors (Lipinski definition) is 2. The average molecular weight is 345 g/mol. The maximum absolute atomic E-state index is 13.5. The Morgan fingerprint density at radius 1 is 1.36 bits per heavy atom. The zero-order valence-corrected chi connectivity index (χ0v) is 14.4. The summed E-state index contributed by atoms with van der Waals surface area (Å²) in [6.07, 6.45) is 2.33. The van der Waals surface area contributed by atoms with Crippen molar-refractivity contribution in [3.8, 4) is 5.88 Å². The first-order chi connectivity index (χ1) is 11.9. The van der Waals surface area contributed by atoms with Crippen molar-refractivity contribution in [3.63, 3.8) is 0 Å². The Balaban J connectivity index is 2.07. The molecule has 2 heterocycles. The minimum atomic E-state index is -0.425. The van der Waals surface area contributed by atoms with Crippen molar-refractivity contribution < 1.29 is 13.9 Å². The van der Waals surface area contributed by atoms with Gasteiger partial charge in [0, 0.05) is 29.9 Å². The molecule has 3 rings (SSSR count). The van der Waals surface area contributed by atoms with Gasteiger partial charge in [-0.1, -0.05) is 13.8 Å². The molecule has 0 saturated carbocycles. The molecule has 6 nitrogen and oxygen atoms in total. The van der Waals surface area contributed by atoms with Crippen LogP contribution < -0.4 is 15.0 Å². The highest BCUT2D eigenvalue weighted by Gasteiger charge is 2.24. The summed E-state index contributed by atoms with van der Waals surface area (Å²) in [4.78, 5) is 18.1. The average Bonchev–Trinajstić information content (AvgIpc) is 2.94. The Hall–Kier alpha value is -2.83. The van der Waals surface area contributed by atoms with Crippen LogP contribution in [0.2, 0.25) is 0 Å². The molecule has 2 aromatic heterocycles. The van der Waals surface area contributed by atoms with Gasteiger partial charge in [-0.05, 0) is 29.7 Å². The lowest BCUT2D eigenvalue weighted by molar-refractivity contribution is -0.622. The largest absolute Gasteiger partial charge is 0.616 e. The van der Waals surface area contributed by atoms with Gasteiger partial charge in [-0.15, -0.1) is 4.73 Å². The van der Waals surface area contributed by atoms with Crippen molar-refractivity contribution in [1.29, 1.82) is 0 Å². The lowest BCUT2D eigenvalue weighted by Gasteiger charge is -2.12. The molecule has 25 heavy (non-hydrogen) atoms. The van der Waals surface area contributed by atoms with Crippen molar-refractivity contribution in [3.05, 3.63) is 62.7 Å². The molecule has 1 aromatic carbocycles. The van der Waals surface area contributed by atoms with Gasteiger partial charge in [-0.3, -0.25) is 4.79 Å². The third-order valence-corrected chi connectivity index (χ3v) is 4.11. The van der Waals surface area contributed by atoms with E-state index in [2.05, 4.69) is 9.97 Å². The van der Waals surface area contributed by atoms with E-state index >= 15 is 0 Å². The quantitative estimate of drug-likeness (QED) is 0.550. The fraction of sp³-hybridized carbons (Fsp3) is 0.333. The van der Waals surface area contributed by atoms with Crippen LogP contribution in [0.15, 0.2) is 29.2 Å². The molecule has 132 valence electrons. The molecule has 0 saturated heterocycles. The predicted octanol–water partition coefficient (Wildman–Crippen LogP) is 2.43. The zero-order valence-electron chi connectivity index (χ0n) is 14.4. The highest BCUT2D eigenvalue weighted by molar-refractivity contribution is 5.83. The maximum atomic E-state index is 13.5. The number of nitrogens with zero attached hydrogens (tertiary/aromatic N) is 1. The van der Waals surface area contributed by atoms with Crippen molar-refractivity contribution in [2.24, 2.45) is 5.92 Å². The number of nitrogens with one attached hydrogen (secondary N) is 2. The Morgan fingerprint density at radius 2 is 2.12 bits per heavy atom. The maximum Gasteiger partial charge on any atom is 0.400 e. The first kappa shape index (κ1) is 17.0. The van der Waals surface area contributed by atoms with Crippen LogP contribution in [0.3, 0.4) is 0 Å². The number of aromatic amines is 2.